The highest BCUT2D eigenvalue weighted by molar-refractivity contribution is 7.98. The number of hydrogen-bond acceptors (Lipinski definition) is 6. The summed E-state index contributed by atoms with van der Waals surface area (Å²) in [7, 11) is -1.87. The first-order valence-electron chi connectivity index (χ1n) is 11.8. The first kappa shape index (κ1) is 25.0. The molecule has 1 aliphatic rings. The molecule has 0 amide bonds. The zero-order chi connectivity index (χ0) is 24.3. The van der Waals surface area contributed by atoms with Crippen molar-refractivity contribution in [1.82, 2.24) is 13.9 Å². The van der Waals surface area contributed by atoms with Crippen LogP contribution in [0.2, 0.25) is 0 Å². The highest BCUT2D eigenvalue weighted by Gasteiger charge is 2.24. The minimum absolute atomic E-state index is 0.152. The Kier molecular flexibility index (Phi) is 7.87. The molecule has 1 saturated heterocycles. The molecular weight excluding hydrogens is 470 g/mol. The molecule has 3 aromatic rings. The van der Waals surface area contributed by atoms with Crippen LogP contribution in [0, 0.1) is 6.92 Å². The smallest absolute Gasteiger partial charge is 0.243 e. The molecule has 4 rings (SSSR count). The molecule has 1 unspecified atom stereocenters. The summed E-state index contributed by atoms with van der Waals surface area (Å²) < 4.78 is 41.0. The maximum atomic E-state index is 13.1. The predicted octanol–water partition coefficient (Wildman–Crippen LogP) is 4.86. The van der Waals surface area contributed by atoms with Crippen molar-refractivity contribution < 1.29 is 17.9 Å². The average Bonchev–Trinajstić information content (AvgIpc) is 3.46. The van der Waals surface area contributed by atoms with Gasteiger partial charge in [-0.1, -0.05) is 37.7 Å². The van der Waals surface area contributed by atoms with Crippen molar-refractivity contribution >= 4 is 32.8 Å². The number of thioether (sulfide) groups is 1. The third-order valence-electron chi connectivity index (χ3n) is 6.27. The van der Waals surface area contributed by atoms with Crippen LogP contribution in [0.1, 0.15) is 37.8 Å². The topological polar surface area (TPSA) is 73.7 Å². The number of rotatable bonds is 10. The van der Waals surface area contributed by atoms with Crippen LogP contribution in [0.4, 0.5) is 0 Å². The van der Waals surface area contributed by atoms with E-state index in [0.29, 0.717) is 25.2 Å². The van der Waals surface area contributed by atoms with Gasteiger partial charge in [-0.05, 0) is 55.2 Å². The van der Waals surface area contributed by atoms with E-state index in [4.69, 9.17) is 14.5 Å². The van der Waals surface area contributed by atoms with Gasteiger partial charge < -0.3 is 14.0 Å². The van der Waals surface area contributed by atoms with Crippen molar-refractivity contribution in [3.05, 3.63) is 47.5 Å². The third-order valence-corrected chi connectivity index (χ3v) is 9.36. The Bertz CT molecular complexity index is 1250. The Balaban J connectivity index is 1.68. The van der Waals surface area contributed by atoms with Crippen molar-refractivity contribution in [1.29, 1.82) is 0 Å². The molecule has 7 nitrogen and oxygen atoms in total. The molecule has 1 aromatic heterocycles. The highest BCUT2D eigenvalue weighted by Crippen LogP contribution is 2.31. The Morgan fingerprint density at radius 2 is 2.00 bits per heavy atom. The lowest BCUT2D eigenvalue weighted by Gasteiger charge is -2.18. The van der Waals surface area contributed by atoms with Crippen LogP contribution in [0.25, 0.3) is 11.0 Å². The molecule has 0 saturated carbocycles. The van der Waals surface area contributed by atoms with Gasteiger partial charge in [0.2, 0.25) is 10.0 Å². The van der Waals surface area contributed by atoms with Crippen LogP contribution in [0.15, 0.2) is 46.5 Å². The molecule has 2 heterocycles. The Morgan fingerprint density at radius 1 is 1.21 bits per heavy atom. The van der Waals surface area contributed by atoms with Gasteiger partial charge in [0.1, 0.15) is 5.75 Å². The lowest BCUT2D eigenvalue weighted by molar-refractivity contribution is 0.0960. The van der Waals surface area contributed by atoms with Gasteiger partial charge in [0.25, 0.3) is 0 Å². The molecule has 9 heteroatoms. The molecule has 1 atom stereocenters. The fraction of sp³-hybridized carbons (Fsp3) is 0.480. The number of fused-ring (bicyclic) bond motifs is 1. The number of ether oxygens (including phenoxy) is 2. The SMILES string of the molecule is CCN(CC)S(=O)(=O)c1ccc2c(c1)nc(SCc1ccc(OC)c(C)c1)n2CC1CCCO1. The Hall–Kier alpha value is -2.07. The summed E-state index contributed by atoms with van der Waals surface area (Å²) in [6, 6.07) is 11.5. The van der Waals surface area contributed by atoms with E-state index in [-0.39, 0.29) is 11.0 Å². The Labute approximate surface area is 206 Å². The van der Waals surface area contributed by atoms with E-state index in [1.807, 2.05) is 32.9 Å². The van der Waals surface area contributed by atoms with Gasteiger partial charge in [-0.15, -0.1) is 0 Å². The molecule has 1 fully saturated rings. The van der Waals surface area contributed by atoms with Gasteiger partial charge in [-0.25, -0.2) is 13.4 Å². The lowest BCUT2D eigenvalue weighted by Crippen LogP contribution is -2.30. The van der Waals surface area contributed by atoms with Crippen molar-refractivity contribution in [3.8, 4) is 5.75 Å². The van der Waals surface area contributed by atoms with Gasteiger partial charge in [0.05, 0.1) is 35.7 Å². The standard InChI is InChI=1S/C25H33N3O4S2/c1-5-27(6-2)34(29,30)21-10-11-23-22(15-21)26-25(28(23)16-20-8-7-13-32-20)33-17-19-9-12-24(31-4)18(3)14-19/h9-12,14-15,20H,5-8,13,16-17H2,1-4H3. The minimum atomic E-state index is -3.54. The van der Waals surface area contributed by atoms with Gasteiger partial charge in [0, 0.05) is 25.4 Å². The molecule has 34 heavy (non-hydrogen) atoms. The lowest BCUT2D eigenvalue weighted by atomic mass is 10.1. The van der Waals surface area contributed by atoms with E-state index in [2.05, 4.69) is 16.7 Å². The molecule has 0 bridgehead atoms. The number of aryl methyl sites for hydroxylation is 1. The van der Waals surface area contributed by atoms with E-state index in [1.54, 1.807) is 31.0 Å². The molecule has 0 radical (unpaired) electrons. The van der Waals surface area contributed by atoms with Crippen molar-refractivity contribution in [2.75, 3.05) is 26.8 Å². The van der Waals surface area contributed by atoms with E-state index in [9.17, 15) is 8.42 Å². The normalized spacial score (nSPS) is 16.6. The van der Waals surface area contributed by atoms with Gasteiger partial charge >= 0.3 is 0 Å². The minimum Gasteiger partial charge on any atom is -0.496 e. The summed E-state index contributed by atoms with van der Waals surface area (Å²) in [6.07, 6.45) is 2.24. The second-order valence-corrected chi connectivity index (χ2v) is 11.4. The number of nitrogens with zero attached hydrogens (tertiary/aromatic N) is 3. The molecule has 0 aliphatic carbocycles. The second-order valence-electron chi connectivity index (χ2n) is 8.47. The molecule has 184 valence electrons. The maximum Gasteiger partial charge on any atom is 0.243 e. The van der Waals surface area contributed by atoms with Crippen LogP contribution < -0.4 is 4.74 Å². The van der Waals surface area contributed by atoms with Crippen molar-refractivity contribution in [2.45, 2.75) is 62.1 Å². The van der Waals surface area contributed by atoms with Crippen molar-refractivity contribution in [2.24, 2.45) is 0 Å². The summed E-state index contributed by atoms with van der Waals surface area (Å²) in [5, 5.41) is 0.872. The second kappa shape index (κ2) is 10.7. The van der Waals surface area contributed by atoms with Crippen molar-refractivity contribution in [3.63, 3.8) is 0 Å². The summed E-state index contributed by atoms with van der Waals surface area (Å²) in [4.78, 5) is 5.16. The number of benzene rings is 2. The first-order valence-corrected chi connectivity index (χ1v) is 14.2. The Morgan fingerprint density at radius 3 is 2.65 bits per heavy atom. The highest BCUT2D eigenvalue weighted by atomic mass is 32.2. The maximum absolute atomic E-state index is 13.1. The van der Waals surface area contributed by atoms with Gasteiger partial charge in [0.15, 0.2) is 5.16 Å². The number of methoxy groups -OCH3 is 1. The van der Waals surface area contributed by atoms with Crippen LogP contribution >= 0.6 is 11.8 Å². The quantitative estimate of drug-likeness (QED) is 0.368. The zero-order valence-corrected chi connectivity index (χ0v) is 21.9. The summed E-state index contributed by atoms with van der Waals surface area (Å²) >= 11 is 1.66. The summed E-state index contributed by atoms with van der Waals surface area (Å²) in [5.41, 5.74) is 3.91. The monoisotopic (exact) mass is 503 g/mol. The molecular formula is C25H33N3O4S2. The summed E-state index contributed by atoms with van der Waals surface area (Å²) in [6.45, 7) is 8.12. The van der Waals surface area contributed by atoms with Gasteiger partial charge in [-0.3, -0.25) is 0 Å². The van der Waals surface area contributed by atoms with E-state index >= 15 is 0 Å². The van der Waals surface area contributed by atoms with E-state index < -0.39 is 10.0 Å². The molecule has 1 aliphatic heterocycles. The number of aromatic nitrogens is 2. The third kappa shape index (κ3) is 5.12. The number of hydrogen-bond donors (Lipinski definition) is 0. The summed E-state index contributed by atoms with van der Waals surface area (Å²) in [5.74, 6) is 1.63. The van der Waals surface area contributed by atoms with Crippen LogP contribution in [-0.2, 0) is 27.1 Å². The fourth-order valence-electron chi connectivity index (χ4n) is 4.42. The predicted molar refractivity (Wildman–Crippen MR) is 136 cm³/mol. The zero-order valence-electron chi connectivity index (χ0n) is 20.3. The molecule has 0 N–H and O–H groups in total. The van der Waals surface area contributed by atoms with Crippen LogP contribution in [0.5, 0.6) is 5.75 Å². The largest absolute Gasteiger partial charge is 0.496 e. The first-order chi connectivity index (χ1) is 16.4. The molecule has 0 spiro atoms. The number of imidazole rings is 1. The van der Waals surface area contributed by atoms with Crippen LogP contribution in [-0.4, -0.2) is 55.2 Å². The molecule has 2 aromatic carbocycles. The fourth-order valence-corrected chi connectivity index (χ4v) is 6.86. The number of sulfonamides is 1. The van der Waals surface area contributed by atoms with Crippen LogP contribution in [0.3, 0.4) is 0 Å². The average molecular weight is 504 g/mol. The van der Waals surface area contributed by atoms with E-state index in [0.717, 1.165) is 47.2 Å². The van der Waals surface area contributed by atoms with E-state index in [1.165, 1.54) is 9.87 Å². The van der Waals surface area contributed by atoms with Gasteiger partial charge in [-0.2, -0.15) is 4.31 Å².